The van der Waals surface area contributed by atoms with Gasteiger partial charge < -0.3 is 14.6 Å². The third-order valence-electron chi connectivity index (χ3n) is 4.52. The van der Waals surface area contributed by atoms with Crippen LogP contribution in [0.4, 0.5) is 5.69 Å². The molecule has 0 aliphatic carbocycles. The Hall–Kier alpha value is -3.93. The van der Waals surface area contributed by atoms with E-state index in [1.54, 1.807) is 12.1 Å². The molecule has 1 heterocycles. The first kappa shape index (κ1) is 19.4. The van der Waals surface area contributed by atoms with Gasteiger partial charge in [0.2, 0.25) is 5.82 Å². The van der Waals surface area contributed by atoms with Crippen LogP contribution in [0.3, 0.4) is 0 Å². The Morgan fingerprint density at radius 3 is 2.37 bits per heavy atom. The summed E-state index contributed by atoms with van der Waals surface area (Å²) in [6.07, 6.45) is 0. The third kappa shape index (κ3) is 4.72. The number of hydrogen-bond donors (Lipinski definition) is 1. The molecule has 0 saturated heterocycles. The number of ether oxygens (including phenoxy) is 1. The fraction of sp³-hybridized carbons (Fsp3) is 0.125. The number of amides is 1. The molecule has 6 nitrogen and oxygen atoms in total. The van der Waals surface area contributed by atoms with Crippen molar-refractivity contribution in [3.05, 3.63) is 83.9 Å². The molecule has 0 unspecified atom stereocenters. The number of anilines is 1. The SMILES string of the molecule is Cc1ccc(NC(=O)COc2cccc(-c3noc(-c4ccc(C)cc4)n3)c2)cc1. The van der Waals surface area contributed by atoms with Crippen molar-refractivity contribution >= 4 is 11.6 Å². The van der Waals surface area contributed by atoms with E-state index >= 15 is 0 Å². The van der Waals surface area contributed by atoms with Crippen LogP contribution < -0.4 is 10.1 Å². The molecule has 0 atom stereocenters. The monoisotopic (exact) mass is 399 g/mol. The summed E-state index contributed by atoms with van der Waals surface area (Å²) in [7, 11) is 0. The fourth-order valence-corrected chi connectivity index (χ4v) is 2.86. The topological polar surface area (TPSA) is 77.2 Å². The minimum absolute atomic E-state index is 0.0990. The van der Waals surface area contributed by atoms with Crippen LogP contribution in [0.1, 0.15) is 11.1 Å². The molecule has 4 rings (SSSR count). The minimum Gasteiger partial charge on any atom is -0.484 e. The van der Waals surface area contributed by atoms with Crippen LogP contribution in [-0.2, 0) is 4.79 Å². The molecule has 0 fully saturated rings. The Morgan fingerprint density at radius 2 is 1.63 bits per heavy atom. The first-order valence-electron chi connectivity index (χ1n) is 9.57. The van der Waals surface area contributed by atoms with Crippen LogP contribution in [0.15, 0.2) is 77.3 Å². The predicted octanol–water partition coefficient (Wildman–Crippen LogP) is 5.04. The molecule has 1 N–H and O–H groups in total. The zero-order valence-corrected chi connectivity index (χ0v) is 16.8. The molecule has 1 amide bonds. The molecule has 0 aliphatic rings. The van der Waals surface area contributed by atoms with Gasteiger partial charge in [0.05, 0.1) is 0 Å². The summed E-state index contributed by atoms with van der Waals surface area (Å²) in [5.74, 6) is 1.23. The van der Waals surface area contributed by atoms with Crippen LogP contribution in [0.2, 0.25) is 0 Å². The number of benzene rings is 3. The van der Waals surface area contributed by atoms with Crippen molar-refractivity contribution < 1.29 is 14.1 Å². The maximum Gasteiger partial charge on any atom is 0.262 e. The van der Waals surface area contributed by atoms with Gasteiger partial charge in [0.1, 0.15) is 5.75 Å². The molecule has 0 radical (unpaired) electrons. The van der Waals surface area contributed by atoms with Crippen LogP contribution in [-0.4, -0.2) is 22.7 Å². The Kier molecular flexibility index (Phi) is 5.57. The van der Waals surface area contributed by atoms with Crippen molar-refractivity contribution in [2.24, 2.45) is 0 Å². The van der Waals surface area contributed by atoms with E-state index in [0.29, 0.717) is 17.5 Å². The lowest BCUT2D eigenvalue weighted by atomic mass is 10.1. The first-order chi connectivity index (χ1) is 14.6. The highest BCUT2D eigenvalue weighted by Crippen LogP contribution is 2.25. The van der Waals surface area contributed by atoms with Crippen LogP contribution in [0.25, 0.3) is 22.8 Å². The zero-order valence-electron chi connectivity index (χ0n) is 16.8. The highest BCUT2D eigenvalue weighted by atomic mass is 16.5. The van der Waals surface area contributed by atoms with Gasteiger partial charge in [-0.2, -0.15) is 4.98 Å². The van der Waals surface area contributed by atoms with Gasteiger partial charge in [0, 0.05) is 16.8 Å². The lowest BCUT2D eigenvalue weighted by Crippen LogP contribution is -2.20. The zero-order chi connectivity index (χ0) is 20.9. The normalized spacial score (nSPS) is 10.6. The van der Waals surface area contributed by atoms with Gasteiger partial charge in [-0.25, -0.2) is 0 Å². The van der Waals surface area contributed by atoms with E-state index in [1.807, 2.05) is 74.5 Å². The molecule has 0 spiro atoms. The molecule has 0 saturated carbocycles. The Labute approximate surface area is 174 Å². The van der Waals surface area contributed by atoms with Crippen LogP contribution in [0.5, 0.6) is 5.75 Å². The average Bonchev–Trinajstić information content (AvgIpc) is 3.25. The number of carbonyl (C=O) groups excluding carboxylic acids is 1. The lowest BCUT2D eigenvalue weighted by molar-refractivity contribution is -0.118. The second-order valence-electron chi connectivity index (χ2n) is 7.02. The Balaban J connectivity index is 1.41. The Morgan fingerprint density at radius 1 is 0.933 bits per heavy atom. The molecular formula is C24H21N3O3. The van der Waals surface area contributed by atoms with E-state index in [9.17, 15) is 4.79 Å². The second-order valence-corrected chi connectivity index (χ2v) is 7.02. The van der Waals surface area contributed by atoms with Gasteiger partial charge in [0.15, 0.2) is 6.61 Å². The minimum atomic E-state index is -0.231. The van der Waals surface area contributed by atoms with Crippen molar-refractivity contribution in [1.29, 1.82) is 0 Å². The second kappa shape index (κ2) is 8.61. The highest BCUT2D eigenvalue weighted by molar-refractivity contribution is 5.91. The molecule has 0 aliphatic heterocycles. The van der Waals surface area contributed by atoms with Gasteiger partial charge in [-0.05, 0) is 50.2 Å². The van der Waals surface area contributed by atoms with Gasteiger partial charge in [-0.15, -0.1) is 0 Å². The summed E-state index contributed by atoms with van der Waals surface area (Å²) in [6.45, 7) is 3.92. The van der Waals surface area contributed by atoms with E-state index in [0.717, 1.165) is 27.9 Å². The summed E-state index contributed by atoms with van der Waals surface area (Å²) < 4.78 is 11.0. The molecule has 4 aromatic rings. The Bertz CT molecular complexity index is 1150. The summed E-state index contributed by atoms with van der Waals surface area (Å²) in [5, 5.41) is 6.87. The van der Waals surface area contributed by atoms with Crippen molar-refractivity contribution in [1.82, 2.24) is 10.1 Å². The molecular weight excluding hydrogens is 378 g/mol. The lowest BCUT2D eigenvalue weighted by Gasteiger charge is -2.08. The fourth-order valence-electron chi connectivity index (χ4n) is 2.86. The number of hydrogen-bond acceptors (Lipinski definition) is 5. The van der Waals surface area contributed by atoms with Gasteiger partial charge in [0.25, 0.3) is 11.8 Å². The molecule has 6 heteroatoms. The summed E-state index contributed by atoms with van der Waals surface area (Å²) >= 11 is 0. The maximum atomic E-state index is 12.1. The van der Waals surface area contributed by atoms with E-state index in [2.05, 4.69) is 15.5 Å². The smallest absolute Gasteiger partial charge is 0.262 e. The van der Waals surface area contributed by atoms with Crippen molar-refractivity contribution in [3.8, 4) is 28.6 Å². The predicted molar refractivity (Wildman–Crippen MR) is 115 cm³/mol. The van der Waals surface area contributed by atoms with Gasteiger partial charge in [-0.3, -0.25) is 4.79 Å². The van der Waals surface area contributed by atoms with Crippen LogP contribution >= 0.6 is 0 Å². The molecule has 3 aromatic carbocycles. The van der Waals surface area contributed by atoms with E-state index in [-0.39, 0.29) is 12.5 Å². The summed E-state index contributed by atoms with van der Waals surface area (Å²) in [6, 6.07) is 22.7. The van der Waals surface area contributed by atoms with Crippen LogP contribution in [0, 0.1) is 13.8 Å². The van der Waals surface area contributed by atoms with E-state index in [4.69, 9.17) is 9.26 Å². The van der Waals surface area contributed by atoms with E-state index in [1.165, 1.54) is 0 Å². The molecule has 1 aromatic heterocycles. The maximum absolute atomic E-state index is 12.1. The number of nitrogens with one attached hydrogen (secondary N) is 1. The number of carbonyl (C=O) groups is 1. The van der Waals surface area contributed by atoms with Crippen molar-refractivity contribution in [2.75, 3.05) is 11.9 Å². The van der Waals surface area contributed by atoms with Crippen molar-refractivity contribution in [3.63, 3.8) is 0 Å². The average molecular weight is 399 g/mol. The standard InChI is InChI=1S/C24H21N3O3/c1-16-6-10-18(11-7-16)24-26-23(27-30-24)19-4-3-5-21(14-19)29-15-22(28)25-20-12-8-17(2)9-13-20/h3-14H,15H2,1-2H3,(H,25,28). The third-order valence-corrected chi connectivity index (χ3v) is 4.52. The molecule has 0 bridgehead atoms. The van der Waals surface area contributed by atoms with Gasteiger partial charge >= 0.3 is 0 Å². The molecule has 150 valence electrons. The quantitative estimate of drug-likeness (QED) is 0.492. The first-order valence-corrected chi connectivity index (χ1v) is 9.57. The highest BCUT2D eigenvalue weighted by Gasteiger charge is 2.12. The molecule has 30 heavy (non-hydrogen) atoms. The number of nitrogens with zero attached hydrogens (tertiary/aromatic N) is 2. The summed E-state index contributed by atoms with van der Waals surface area (Å²) in [5.41, 5.74) is 4.63. The number of rotatable bonds is 6. The van der Waals surface area contributed by atoms with E-state index < -0.39 is 0 Å². The summed E-state index contributed by atoms with van der Waals surface area (Å²) in [4.78, 5) is 16.6. The van der Waals surface area contributed by atoms with Gasteiger partial charge in [-0.1, -0.05) is 52.7 Å². The number of aromatic nitrogens is 2. The number of aryl methyl sites for hydroxylation is 2. The largest absolute Gasteiger partial charge is 0.484 e. The van der Waals surface area contributed by atoms with Crippen molar-refractivity contribution in [2.45, 2.75) is 13.8 Å².